The molecule has 0 unspecified atom stereocenters. The Morgan fingerprint density at radius 2 is 2.04 bits per heavy atom. The molecule has 2 bridgehead atoms. The van der Waals surface area contributed by atoms with E-state index in [0.717, 1.165) is 56.4 Å². The molecule has 6 nitrogen and oxygen atoms in total. The Morgan fingerprint density at radius 1 is 1.20 bits per heavy atom. The van der Waals surface area contributed by atoms with E-state index in [1.54, 1.807) is 7.11 Å². The number of nitrogens with zero attached hydrogens (tertiary/aromatic N) is 3. The second kappa shape index (κ2) is 7.15. The summed E-state index contributed by atoms with van der Waals surface area (Å²) in [4.78, 5) is 5.01. The molecular weight excluding hydrogens is 316 g/mol. The van der Waals surface area contributed by atoms with E-state index in [4.69, 9.17) is 9.47 Å². The highest BCUT2D eigenvalue weighted by Crippen LogP contribution is 2.27. The molecule has 2 aromatic rings. The number of aromatic amines is 1. The number of benzene rings is 1. The molecule has 0 amide bonds. The normalized spacial score (nSPS) is 24.9. The van der Waals surface area contributed by atoms with Crippen LogP contribution in [0.25, 0.3) is 11.3 Å². The Hall–Kier alpha value is -1.89. The zero-order valence-corrected chi connectivity index (χ0v) is 14.9. The van der Waals surface area contributed by atoms with Crippen molar-refractivity contribution in [1.82, 2.24) is 20.0 Å². The van der Waals surface area contributed by atoms with Crippen molar-refractivity contribution in [3.05, 3.63) is 36.0 Å². The summed E-state index contributed by atoms with van der Waals surface area (Å²) in [6.07, 6.45) is 1.96. The minimum absolute atomic E-state index is 0.441. The highest BCUT2D eigenvalue weighted by atomic mass is 16.5. The quantitative estimate of drug-likeness (QED) is 0.919. The van der Waals surface area contributed by atoms with Gasteiger partial charge in [0.15, 0.2) is 0 Å². The monoisotopic (exact) mass is 342 g/mol. The van der Waals surface area contributed by atoms with E-state index in [1.807, 2.05) is 18.3 Å². The van der Waals surface area contributed by atoms with Crippen LogP contribution in [0.1, 0.15) is 5.56 Å². The van der Waals surface area contributed by atoms with Gasteiger partial charge in [0, 0.05) is 49.3 Å². The van der Waals surface area contributed by atoms with Gasteiger partial charge in [-0.15, -0.1) is 0 Å². The van der Waals surface area contributed by atoms with E-state index < -0.39 is 0 Å². The summed E-state index contributed by atoms with van der Waals surface area (Å²) in [5.41, 5.74) is 3.47. The van der Waals surface area contributed by atoms with Crippen molar-refractivity contribution in [3.63, 3.8) is 0 Å². The van der Waals surface area contributed by atoms with Crippen LogP contribution in [0.3, 0.4) is 0 Å². The smallest absolute Gasteiger partial charge is 0.118 e. The van der Waals surface area contributed by atoms with Crippen molar-refractivity contribution in [2.24, 2.45) is 5.92 Å². The minimum Gasteiger partial charge on any atom is -0.497 e. The zero-order valence-electron chi connectivity index (χ0n) is 14.9. The van der Waals surface area contributed by atoms with Crippen molar-refractivity contribution in [3.8, 4) is 17.0 Å². The van der Waals surface area contributed by atoms with Crippen LogP contribution in [0, 0.1) is 5.92 Å². The van der Waals surface area contributed by atoms with Crippen molar-refractivity contribution in [2.45, 2.75) is 12.6 Å². The van der Waals surface area contributed by atoms with E-state index in [2.05, 4.69) is 39.2 Å². The lowest BCUT2D eigenvalue weighted by atomic mass is 10.1. The summed E-state index contributed by atoms with van der Waals surface area (Å²) in [5.74, 6) is 1.44. The lowest BCUT2D eigenvalue weighted by Crippen LogP contribution is -2.42. The fraction of sp³-hybridized carbons (Fsp3) is 0.526. The first-order chi connectivity index (χ1) is 12.2. The minimum atomic E-state index is 0.441. The average molecular weight is 342 g/mol. The van der Waals surface area contributed by atoms with Gasteiger partial charge in [-0.1, -0.05) is 0 Å². The molecule has 25 heavy (non-hydrogen) atoms. The molecule has 1 aromatic heterocycles. The molecule has 0 saturated carbocycles. The molecule has 2 aliphatic rings. The van der Waals surface area contributed by atoms with E-state index in [-0.39, 0.29) is 0 Å². The summed E-state index contributed by atoms with van der Waals surface area (Å²) in [7, 11) is 3.91. The summed E-state index contributed by atoms with van der Waals surface area (Å²) in [6, 6.07) is 8.57. The third-order valence-electron chi connectivity index (χ3n) is 5.24. The van der Waals surface area contributed by atoms with E-state index in [0.29, 0.717) is 12.0 Å². The summed E-state index contributed by atoms with van der Waals surface area (Å²) < 4.78 is 11.2. The van der Waals surface area contributed by atoms with Gasteiger partial charge in [-0.3, -0.25) is 10.00 Å². The van der Waals surface area contributed by atoms with Gasteiger partial charge in [-0.2, -0.15) is 5.10 Å². The molecule has 1 aromatic carbocycles. The highest BCUT2D eigenvalue weighted by molar-refractivity contribution is 5.63. The number of aromatic nitrogens is 2. The molecule has 134 valence electrons. The van der Waals surface area contributed by atoms with Crippen LogP contribution in [0.5, 0.6) is 5.75 Å². The molecule has 6 heteroatoms. The average Bonchev–Trinajstić information content (AvgIpc) is 2.91. The maximum Gasteiger partial charge on any atom is 0.118 e. The van der Waals surface area contributed by atoms with Gasteiger partial charge >= 0.3 is 0 Å². The number of fused-ring (bicyclic) bond motifs is 3. The maximum absolute atomic E-state index is 5.89. The van der Waals surface area contributed by atoms with Crippen LogP contribution in [0.4, 0.5) is 0 Å². The Kier molecular flexibility index (Phi) is 4.74. The SMILES string of the molecule is COc1ccc(-c2[nH]ncc2CN2C[C@H]3COC[C@@H]2CN(C)C3)cc1. The Morgan fingerprint density at radius 3 is 2.84 bits per heavy atom. The molecule has 2 aliphatic heterocycles. The highest BCUT2D eigenvalue weighted by Gasteiger charge is 2.32. The van der Waals surface area contributed by atoms with E-state index >= 15 is 0 Å². The Bertz CT molecular complexity index is 700. The summed E-state index contributed by atoms with van der Waals surface area (Å²) in [6.45, 7) is 5.85. The third-order valence-corrected chi connectivity index (χ3v) is 5.24. The predicted molar refractivity (Wildman–Crippen MR) is 96.6 cm³/mol. The van der Waals surface area contributed by atoms with Crippen LogP contribution in [-0.2, 0) is 11.3 Å². The summed E-state index contributed by atoms with van der Waals surface area (Å²) >= 11 is 0. The fourth-order valence-electron chi connectivity index (χ4n) is 4.01. The first-order valence-electron chi connectivity index (χ1n) is 8.90. The van der Waals surface area contributed by atoms with Crippen molar-refractivity contribution in [2.75, 3.05) is 47.0 Å². The molecular formula is C19H26N4O2. The van der Waals surface area contributed by atoms with Crippen LogP contribution in [-0.4, -0.2) is 73.0 Å². The topological polar surface area (TPSA) is 53.6 Å². The van der Waals surface area contributed by atoms with Crippen LogP contribution in [0.2, 0.25) is 0 Å². The van der Waals surface area contributed by atoms with Crippen molar-refractivity contribution < 1.29 is 9.47 Å². The van der Waals surface area contributed by atoms with Gasteiger partial charge in [-0.25, -0.2) is 0 Å². The fourth-order valence-corrected chi connectivity index (χ4v) is 4.01. The number of ether oxygens (including phenoxy) is 2. The Labute approximate surface area is 148 Å². The number of nitrogens with one attached hydrogen (secondary N) is 1. The maximum atomic E-state index is 5.89. The van der Waals surface area contributed by atoms with Gasteiger partial charge in [-0.05, 0) is 31.3 Å². The lowest BCUT2D eigenvalue weighted by Gasteiger charge is -2.29. The molecule has 0 radical (unpaired) electrons. The van der Waals surface area contributed by atoms with Crippen LogP contribution in [0.15, 0.2) is 30.5 Å². The van der Waals surface area contributed by atoms with Gasteiger partial charge < -0.3 is 14.4 Å². The van der Waals surface area contributed by atoms with Gasteiger partial charge in [0.05, 0.1) is 32.2 Å². The van der Waals surface area contributed by atoms with E-state index in [9.17, 15) is 0 Å². The predicted octanol–water partition coefficient (Wildman–Crippen LogP) is 1.85. The van der Waals surface area contributed by atoms with Crippen LogP contribution < -0.4 is 4.74 Å². The third kappa shape index (κ3) is 3.56. The molecule has 2 saturated heterocycles. The second-order valence-corrected chi connectivity index (χ2v) is 7.21. The lowest BCUT2D eigenvalue weighted by molar-refractivity contribution is 0.0562. The van der Waals surface area contributed by atoms with Gasteiger partial charge in [0.1, 0.15) is 5.75 Å². The number of rotatable bonds is 4. The molecule has 4 rings (SSSR count). The first kappa shape index (κ1) is 16.6. The molecule has 1 N–H and O–H groups in total. The van der Waals surface area contributed by atoms with Gasteiger partial charge in [0.25, 0.3) is 0 Å². The molecule has 3 heterocycles. The molecule has 2 atom stereocenters. The van der Waals surface area contributed by atoms with Crippen molar-refractivity contribution >= 4 is 0 Å². The number of hydrogen-bond acceptors (Lipinski definition) is 5. The largest absolute Gasteiger partial charge is 0.497 e. The standard InChI is InChI=1S/C19H26N4O2/c1-22-8-14-9-23(17(11-22)13-25-12-14)10-16-7-20-21-19(16)15-3-5-18(24-2)6-4-15/h3-7,14,17H,8-13H2,1-2H3,(H,20,21)/t14-,17-/m0/s1. The number of methoxy groups -OCH3 is 1. The van der Waals surface area contributed by atoms with E-state index in [1.165, 1.54) is 5.56 Å². The van der Waals surface area contributed by atoms with Crippen LogP contribution >= 0.6 is 0 Å². The zero-order chi connectivity index (χ0) is 17.2. The number of hydrogen-bond donors (Lipinski definition) is 1. The molecule has 0 spiro atoms. The Balaban J connectivity index is 1.56. The van der Waals surface area contributed by atoms with Crippen molar-refractivity contribution in [1.29, 1.82) is 0 Å². The first-order valence-corrected chi connectivity index (χ1v) is 8.90. The number of likely N-dealkylation sites (N-methyl/N-ethyl adjacent to an activating group) is 1. The summed E-state index contributed by atoms with van der Waals surface area (Å²) in [5, 5.41) is 7.48. The number of H-pyrrole nitrogens is 1. The van der Waals surface area contributed by atoms with Gasteiger partial charge in [0.2, 0.25) is 0 Å². The molecule has 0 aliphatic carbocycles. The molecule has 2 fully saturated rings. The second-order valence-electron chi connectivity index (χ2n) is 7.21.